The molecule has 0 unspecified atom stereocenters. The Bertz CT molecular complexity index is 803. The van der Waals surface area contributed by atoms with Crippen LogP contribution in [0.5, 0.6) is 0 Å². The second-order valence-electron chi connectivity index (χ2n) is 10.4. The van der Waals surface area contributed by atoms with E-state index >= 15 is 0 Å². The number of nitro groups is 1. The smallest absolute Gasteiger partial charge is 0.292 e. The van der Waals surface area contributed by atoms with E-state index in [1.54, 1.807) is 6.07 Å². The van der Waals surface area contributed by atoms with E-state index in [4.69, 9.17) is 0 Å². The molecule has 1 N–H and O–H groups in total. The molecule has 0 heterocycles. The molecule has 5 heteroatoms. The van der Waals surface area contributed by atoms with Crippen LogP contribution in [0.4, 0.5) is 17.1 Å². The molecule has 5 nitrogen and oxygen atoms in total. The van der Waals surface area contributed by atoms with Gasteiger partial charge in [-0.15, -0.1) is 0 Å². The summed E-state index contributed by atoms with van der Waals surface area (Å²) >= 11 is 0. The minimum atomic E-state index is -0.314. The summed E-state index contributed by atoms with van der Waals surface area (Å²) in [6.45, 7) is 15.9. The van der Waals surface area contributed by atoms with Crippen LogP contribution in [0.2, 0.25) is 0 Å². The summed E-state index contributed by atoms with van der Waals surface area (Å²) in [6, 6.07) is 15.4. The summed E-state index contributed by atoms with van der Waals surface area (Å²) in [7, 11) is 0. The van der Waals surface area contributed by atoms with Crippen molar-refractivity contribution in [3.05, 3.63) is 64.2 Å². The Balaban J connectivity index is 2.28. The largest absolute Gasteiger partial charge is 0.375 e. The highest BCUT2D eigenvalue weighted by Crippen LogP contribution is 2.32. The van der Waals surface area contributed by atoms with Gasteiger partial charge in [-0.25, -0.2) is 0 Å². The third kappa shape index (κ3) is 8.05. The molecule has 0 spiro atoms. The topological polar surface area (TPSA) is 58.4 Å². The molecule has 0 atom stereocenters. The summed E-state index contributed by atoms with van der Waals surface area (Å²) in [4.78, 5) is 13.6. The molecule has 0 aliphatic rings. The standard InChI is InChI=1S/C25H37N3O2/c1-24(2,3)14-16-27(17-15-25(4,5)6)21-12-13-23(28(29)30)22(18-21)26-19-20-10-8-7-9-11-20/h7-13,18,26H,14-17,19H2,1-6H3. The van der Waals surface area contributed by atoms with E-state index in [-0.39, 0.29) is 21.4 Å². The predicted octanol–water partition coefficient (Wildman–Crippen LogP) is 6.89. The number of nitrogens with zero attached hydrogens (tertiary/aromatic N) is 2. The van der Waals surface area contributed by atoms with Crippen molar-refractivity contribution in [2.45, 2.75) is 60.9 Å². The van der Waals surface area contributed by atoms with Crippen LogP contribution in [0.15, 0.2) is 48.5 Å². The number of rotatable bonds is 9. The van der Waals surface area contributed by atoms with Crippen LogP contribution in [0.1, 0.15) is 59.9 Å². The Morgan fingerprint density at radius 1 is 0.900 bits per heavy atom. The number of nitrogens with one attached hydrogen (secondary N) is 1. The molecule has 0 bridgehead atoms. The highest BCUT2D eigenvalue weighted by molar-refractivity contribution is 5.69. The third-order valence-corrected chi connectivity index (χ3v) is 5.13. The van der Waals surface area contributed by atoms with Gasteiger partial charge in [0.25, 0.3) is 5.69 Å². The lowest BCUT2D eigenvalue weighted by atomic mass is 9.90. The Labute approximate surface area is 181 Å². The zero-order chi connectivity index (χ0) is 22.4. The molecule has 2 aromatic rings. The van der Waals surface area contributed by atoms with Crippen LogP contribution < -0.4 is 10.2 Å². The van der Waals surface area contributed by atoms with Crippen molar-refractivity contribution in [1.29, 1.82) is 0 Å². The van der Waals surface area contributed by atoms with Gasteiger partial charge in [0.2, 0.25) is 0 Å². The molecule has 0 fully saturated rings. The van der Waals surface area contributed by atoms with Gasteiger partial charge < -0.3 is 10.2 Å². The Morgan fingerprint density at radius 3 is 1.97 bits per heavy atom. The van der Waals surface area contributed by atoms with Gasteiger partial charge >= 0.3 is 0 Å². The van der Waals surface area contributed by atoms with Gasteiger partial charge in [-0.05, 0) is 41.4 Å². The highest BCUT2D eigenvalue weighted by atomic mass is 16.6. The molecule has 0 radical (unpaired) electrons. The average molecular weight is 412 g/mol. The Kier molecular flexibility index (Phi) is 7.88. The monoisotopic (exact) mass is 411 g/mol. The first-order valence-electron chi connectivity index (χ1n) is 10.8. The first kappa shape index (κ1) is 23.7. The van der Waals surface area contributed by atoms with E-state index in [1.807, 2.05) is 42.5 Å². The van der Waals surface area contributed by atoms with Crippen LogP contribution in [-0.4, -0.2) is 18.0 Å². The first-order chi connectivity index (χ1) is 13.9. The molecule has 2 aromatic carbocycles. The van der Waals surface area contributed by atoms with Gasteiger partial charge in [-0.3, -0.25) is 10.1 Å². The second kappa shape index (κ2) is 9.96. The number of benzene rings is 2. The van der Waals surface area contributed by atoms with Crippen LogP contribution in [-0.2, 0) is 6.54 Å². The number of anilines is 2. The lowest BCUT2D eigenvalue weighted by molar-refractivity contribution is -0.384. The maximum Gasteiger partial charge on any atom is 0.292 e. The molecule has 0 saturated carbocycles. The molecule has 30 heavy (non-hydrogen) atoms. The van der Waals surface area contributed by atoms with Crippen molar-refractivity contribution in [3.63, 3.8) is 0 Å². The Hall–Kier alpha value is -2.56. The molecule has 0 aromatic heterocycles. The highest BCUT2D eigenvalue weighted by Gasteiger charge is 2.20. The number of hydrogen-bond acceptors (Lipinski definition) is 4. The molecule has 2 rings (SSSR count). The summed E-state index contributed by atoms with van der Waals surface area (Å²) in [6.07, 6.45) is 2.11. The lowest BCUT2D eigenvalue weighted by Gasteiger charge is -2.31. The van der Waals surface area contributed by atoms with Crippen molar-refractivity contribution < 1.29 is 4.92 Å². The number of nitro benzene ring substituents is 1. The van der Waals surface area contributed by atoms with E-state index in [0.29, 0.717) is 12.2 Å². The fourth-order valence-corrected chi connectivity index (χ4v) is 3.13. The van der Waals surface area contributed by atoms with E-state index in [2.05, 4.69) is 51.8 Å². The van der Waals surface area contributed by atoms with Crippen LogP contribution in [0, 0.1) is 20.9 Å². The molecule has 0 amide bonds. The predicted molar refractivity (Wildman–Crippen MR) is 127 cm³/mol. The summed E-state index contributed by atoms with van der Waals surface area (Å²) in [5, 5.41) is 14.9. The van der Waals surface area contributed by atoms with E-state index in [0.717, 1.165) is 37.2 Å². The van der Waals surface area contributed by atoms with Gasteiger partial charge in [0.15, 0.2) is 0 Å². The summed E-state index contributed by atoms with van der Waals surface area (Å²) in [5.74, 6) is 0. The van der Waals surface area contributed by atoms with E-state index in [1.165, 1.54) is 0 Å². The van der Waals surface area contributed by atoms with Gasteiger partial charge in [0.1, 0.15) is 5.69 Å². The normalized spacial score (nSPS) is 11.9. The summed E-state index contributed by atoms with van der Waals surface area (Å²) < 4.78 is 0. The molecule has 0 aliphatic heterocycles. The zero-order valence-electron chi connectivity index (χ0n) is 19.4. The van der Waals surface area contributed by atoms with Crippen LogP contribution in [0.3, 0.4) is 0 Å². The number of hydrogen-bond donors (Lipinski definition) is 1. The lowest BCUT2D eigenvalue weighted by Crippen LogP contribution is -2.30. The summed E-state index contributed by atoms with van der Waals surface area (Å²) in [5.41, 5.74) is 3.27. The Morgan fingerprint density at radius 2 is 1.47 bits per heavy atom. The second-order valence-corrected chi connectivity index (χ2v) is 10.4. The average Bonchev–Trinajstić information content (AvgIpc) is 2.65. The van der Waals surface area contributed by atoms with Gasteiger partial charge in [-0.1, -0.05) is 71.9 Å². The van der Waals surface area contributed by atoms with Crippen molar-refractivity contribution in [2.75, 3.05) is 23.3 Å². The van der Waals surface area contributed by atoms with E-state index < -0.39 is 0 Å². The zero-order valence-corrected chi connectivity index (χ0v) is 19.4. The van der Waals surface area contributed by atoms with E-state index in [9.17, 15) is 10.1 Å². The SMILES string of the molecule is CC(C)(C)CCN(CCC(C)(C)C)c1ccc([N+](=O)[O-])c(NCc2ccccc2)c1. The van der Waals surface area contributed by atoms with Crippen molar-refractivity contribution in [3.8, 4) is 0 Å². The van der Waals surface area contributed by atoms with Gasteiger partial charge in [0.05, 0.1) is 4.92 Å². The van der Waals surface area contributed by atoms with Crippen molar-refractivity contribution >= 4 is 17.1 Å². The maximum atomic E-state index is 11.6. The third-order valence-electron chi connectivity index (χ3n) is 5.13. The first-order valence-corrected chi connectivity index (χ1v) is 10.8. The minimum Gasteiger partial charge on any atom is -0.375 e. The fraction of sp³-hybridized carbons (Fsp3) is 0.520. The minimum absolute atomic E-state index is 0.112. The quantitative estimate of drug-likeness (QED) is 0.361. The van der Waals surface area contributed by atoms with Crippen LogP contribution in [0.25, 0.3) is 0 Å². The van der Waals surface area contributed by atoms with Crippen molar-refractivity contribution in [1.82, 2.24) is 0 Å². The molecular formula is C25H37N3O2. The molecule has 0 aliphatic carbocycles. The van der Waals surface area contributed by atoms with Crippen molar-refractivity contribution in [2.24, 2.45) is 10.8 Å². The van der Waals surface area contributed by atoms with Crippen LogP contribution >= 0.6 is 0 Å². The molecule has 0 saturated heterocycles. The maximum absolute atomic E-state index is 11.6. The molecule has 164 valence electrons. The fourth-order valence-electron chi connectivity index (χ4n) is 3.13. The van der Waals surface area contributed by atoms with Gasteiger partial charge in [0, 0.05) is 31.4 Å². The molecular weight excluding hydrogens is 374 g/mol. The van der Waals surface area contributed by atoms with Gasteiger partial charge in [-0.2, -0.15) is 0 Å².